The van der Waals surface area contributed by atoms with Crippen molar-refractivity contribution in [1.82, 2.24) is 0 Å². The summed E-state index contributed by atoms with van der Waals surface area (Å²) in [6, 6.07) is 15.7. The van der Waals surface area contributed by atoms with Crippen molar-refractivity contribution in [2.75, 3.05) is 0 Å². The monoisotopic (exact) mass is 316 g/mol. The summed E-state index contributed by atoms with van der Waals surface area (Å²) < 4.78 is 1.02. The number of allylic oxidation sites excluding steroid dienone is 1. The van der Waals surface area contributed by atoms with Crippen LogP contribution in [-0.4, -0.2) is 5.78 Å². The molecule has 1 heterocycles. The SMILES string of the molecule is O=C1C(=Cc2cccc(Br)c2)Sc2ccccc21. The topological polar surface area (TPSA) is 17.1 Å². The minimum atomic E-state index is 0.121. The summed E-state index contributed by atoms with van der Waals surface area (Å²) in [4.78, 5) is 14.0. The number of halogens is 1. The highest BCUT2D eigenvalue weighted by Gasteiger charge is 2.24. The third kappa shape index (κ3) is 2.16. The predicted molar refractivity (Wildman–Crippen MR) is 78.7 cm³/mol. The highest BCUT2D eigenvalue weighted by Crippen LogP contribution is 2.40. The maximum Gasteiger partial charge on any atom is 0.200 e. The van der Waals surface area contributed by atoms with Gasteiger partial charge in [-0.1, -0.05) is 52.0 Å². The van der Waals surface area contributed by atoms with E-state index in [-0.39, 0.29) is 5.78 Å². The molecule has 0 fully saturated rings. The third-order valence-electron chi connectivity index (χ3n) is 2.72. The number of Topliss-reactive ketones (excluding diaryl/α,β-unsaturated/α-hetero) is 1. The lowest BCUT2D eigenvalue weighted by Crippen LogP contribution is -1.93. The molecule has 0 aromatic heterocycles. The quantitative estimate of drug-likeness (QED) is 0.704. The fraction of sp³-hybridized carbons (Fsp3) is 0. The number of rotatable bonds is 1. The van der Waals surface area contributed by atoms with E-state index in [1.807, 2.05) is 54.6 Å². The van der Waals surface area contributed by atoms with Gasteiger partial charge in [-0.2, -0.15) is 0 Å². The van der Waals surface area contributed by atoms with E-state index in [2.05, 4.69) is 15.9 Å². The summed E-state index contributed by atoms with van der Waals surface area (Å²) >= 11 is 4.98. The first-order chi connectivity index (χ1) is 8.74. The van der Waals surface area contributed by atoms with Gasteiger partial charge >= 0.3 is 0 Å². The molecule has 2 aromatic carbocycles. The highest BCUT2D eigenvalue weighted by molar-refractivity contribution is 9.10. The Kier molecular flexibility index (Phi) is 3.10. The van der Waals surface area contributed by atoms with Gasteiger partial charge in [-0.15, -0.1) is 0 Å². The average Bonchev–Trinajstić information content (AvgIpc) is 2.67. The van der Waals surface area contributed by atoms with E-state index in [0.717, 1.165) is 25.4 Å². The van der Waals surface area contributed by atoms with Crippen LogP contribution in [0.4, 0.5) is 0 Å². The van der Waals surface area contributed by atoms with Crippen LogP contribution in [0.25, 0.3) is 6.08 Å². The zero-order valence-electron chi connectivity index (χ0n) is 9.39. The maximum absolute atomic E-state index is 12.2. The second-order valence-corrected chi connectivity index (χ2v) is 5.99. The molecule has 0 bridgehead atoms. The van der Waals surface area contributed by atoms with Crippen LogP contribution in [0.3, 0.4) is 0 Å². The van der Waals surface area contributed by atoms with Gasteiger partial charge in [-0.05, 0) is 35.9 Å². The molecule has 18 heavy (non-hydrogen) atoms. The van der Waals surface area contributed by atoms with Gasteiger partial charge in [-0.25, -0.2) is 0 Å². The molecule has 2 aromatic rings. The van der Waals surface area contributed by atoms with E-state index >= 15 is 0 Å². The van der Waals surface area contributed by atoms with Crippen LogP contribution >= 0.6 is 27.7 Å². The number of hydrogen-bond donors (Lipinski definition) is 0. The summed E-state index contributed by atoms with van der Waals surface area (Å²) in [5.41, 5.74) is 1.84. The second kappa shape index (κ2) is 4.75. The van der Waals surface area contributed by atoms with E-state index in [1.54, 1.807) is 11.8 Å². The fourth-order valence-corrected chi connectivity index (χ4v) is 3.35. The number of hydrogen-bond acceptors (Lipinski definition) is 2. The molecule has 0 atom stereocenters. The fourth-order valence-electron chi connectivity index (χ4n) is 1.88. The summed E-state index contributed by atoms with van der Waals surface area (Å²) in [5, 5.41) is 0. The minimum Gasteiger partial charge on any atom is -0.288 e. The number of carbonyl (C=O) groups is 1. The van der Waals surface area contributed by atoms with Crippen LogP contribution in [-0.2, 0) is 0 Å². The molecule has 0 saturated carbocycles. The molecular weight excluding hydrogens is 308 g/mol. The molecule has 0 saturated heterocycles. The van der Waals surface area contributed by atoms with Crippen LogP contribution in [0.2, 0.25) is 0 Å². The lowest BCUT2D eigenvalue weighted by molar-refractivity contribution is 0.104. The molecule has 0 unspecified atom stereocenters. The van der Waals surface area contributed by atoms with Gasteiger partial charge in [0.1, 0.15) is 0 Å². The van der Waals surface area contributed by atoms with Gasteiger partial charge in [-0.3, -0.25) is 4.79 Å². The molecule has 88 valence electrons. The van der Waals surface area contributed by atoms with Crippen molar-refractivity contribution in [2.24, 2.45) is 0 Å². The van der Waals surface area contributed by atoms with Crippen molar-refractivity contribution in [1.29, 1.82) is 0 Å². The van der Waals surface area contributed by atoms with Gasteiger partial charge in [0.15, 0.2) is 0 Å². The van der Waals surface area contributed by atoms with E-state index in [0.29, 0.717) is 0 Å². The maximum atomic E-state index is 12.2. The summed E-state index contributed by atoms with van der Waals surface area (Å²) in [6.45, 7) is 0. The zero-order valence-corrected chi connectivity index (χ0v) is 11.8. The van der Waals surface area contributed by atoms with Gasteiger partial charge in [0.2, 0.25) is 5.78 Å². The Bertz CT molecular complexity index is 661. The van der Waals surface area contributed by atoms with Crippen molar-refractivity contribution in [3.05, 3.63) is 69.0 Å². The largest absolute Gasteiger partial charge is 0.288 e. The Morgan fingerprint density at radius 1 is 1.06 bits per heavy atom. The normalized spacial score (nSPS) is 16.1. The summed E-state index contributed by atoms with van der Waals surface area (Å²) in [5.74, 6) is 0.121. The molecule has 0 radical (unpaired) electrons. The number of thioether (sulfide) groups is 1. The number of benzene rings is 2. The van der Waals surface area contributed by atoms with E-state index < -0.39 is 0 Å². The third-order valence-corrected chi connectivity index (χ3v) is 4.31. The first-order valence-corrected chi connectivity index (χ1v) is 7.14. The zero-order chi connectivity index (χ0) is 12.5. The van der Waals surface area contributed by atoms with E-state index in [1.165, 1.54) is 0 Å². The van der Waals surface area contributed by atoms with Gasteiger partial charge in [0.05, 0.1) is 4.91 Å². The van der Waals surface area contributed by atoms with Crippen molar-refractivity contribution < 1.29 is 4.79 Å². The van der Waals surface area contributed by atoms with Gasteiger partial charge in [0.25, 0.3) is 0 Å². The highest BCUT2D eigenvalue weighted by atomic mass is 79.9. The van der Waals surface area contributed by atoms with Crippen LogP contribution in [0, 0.1) is 0 Å². The van der Waals surface area contributed by atoms with Crippen LogP contribution in [0.5, 0.6) is 0 Å². The lowest BCUT2D eigenvalue weighted by atomic mass is 10.1. The van der Waals surface area contributed by atoms with Crippen molar-refractivity contribution in [3.63, 3.8) is 0 Å². The Labute approximate surface area is 118 Å². The molecule has 0 aliphatic carbocycles. The average molecular weight is 317 g/mol. The minimum absolute atomic E-state index is 0.121. The van der Waals surface area contributed by atoms with Crippen molar-refractivity contribution >= 4 is 39.6 Å². The standard InChI is InChI=1S/C15H9BrOS/c16-11-5-3-4-10(8-11)9-14-15(17)12-6-1-2-7-13(12)18-14/h1-9H. The second-order valence-electron chi connectivity index (χ2n) is 3.99. The molecule has 0 N–H and O–H groups in total. The Morgan fingerprint density at radius 3 is 2.67 bits per heavy atom. The van der Waals surface area contributed by atoms with Gasteiger partial charge < -0.3 is 0 Å². The van der Waals surface area contributed by atoms with Crippen LogP contribution in [0.15, 0.2) is 62.8 Å². The Balaban J connectivity index is 1.99. The smallest absolute Gasteiger partial charge is 0.200 e. The van der Waals surface area contributed by atoms with E-state index in [9.17, 15) is 4.79 Å². The molecule has 3 heteroatoms. The molecular formula is C15H9BrOS. The number of fused-ring (bicyclic) bond motifs is 1. The Hall–Kier alpha value is -1.32. The number of ketones is 1. The molecule has 1 nitrogen and oxygen atoms in total. The van der Waals surface area contributed by atoms with E-state index in [4.69, 9.17) is 0 Å². The molecule has 1 aliphatic rings. The Morgan fingerprint density at radius 2 is 1.89 bits per heavy atom. The molecule has 1 aliphatic heterocycles. The number of carbonyl (C=O) groups excluding carboxylic acids is 1. The molecule has 0 amide bonds. The first-order valence-electron chi connectivity index (χ1n) is 5.53. The first kappa shape index (κ1) is 11.8. The summed E-state index contributed by atoms with van der Waals surface area (Å²) in [7, 11) is 0. The van der Waals surface area contributed by atoms with Crippen molar-refractivity contribution in [3.8, 4) is 0 Å². The van der Waals surface area contributed by atoms with Crippen LogP contribution in [0.1, 0.15) is 15.9 Å². The van der Waals surface area contributed by atoms with Crippen LogP contribution < -0.4 is 0 Å². The molecule has 0 spiro atoms. The summed E-state index contributed by atoms with van der Waals surface area (Å²) in [6.07, 6.45) is 1.94. The molecule has 3 rings (SSSR count). The lowest BCUT2D eigenvalue weighted by Gasteiger charge is -1.97. The predicted octanol–water partition coefficient (Wildman–Crippen LogP) is 4.78. The van der Waals surface area contributed by atoms with Crippen molar-refractivity contribution in [2.45, 2.75) is 4.90 Å². The van der Waals surface area contributed by atoms with Gasteiger partial charge in [0, 0.05) is 14.9 Å².